The maximum absolute atomic E-state index is 11.5. The molecule has 0 aliphatic carbocycles. The highest BCUT2D eigenvalue weighted by Crippen LogP contribution is 2.35. The standard InChI is InChI=1S/C10H18N2O2/c1-11-7-10(8-11)4-2-3-5-12(10)9(14)6-13/h13H,2-8H2,1H3. The Kier molecular flexibility index (Phi) is 2.49. The molecule has 1 N–H and O–H groups in total. The van der Waals surface area contributed by atoms with Gasteiger partial charge in [-0.3, -0.25) is 4.79 Å². The third-order valence-corrected chi connectivity index (χ3v) is 3.41. The van der Waals surface area contributed by atoms with E-state index in [9.17, 15) is 4.79 Å². The molecule has 0 atom stereocenters. The van der Waals surface area contributed by atoms with Gasteiger partial charge in [0.05, 0.1) is 5.54 Å². The number of carbonyl (C=O) groups excluding carboxylic acids is 1. The van der Waals surface area contributed by atoms with Crippen molar-refractivity contribution >= 4 is 5.91 Å². The summed E-state index contributed by atoms with van der Waals surface area (Å²) in [6.45, 7) is 2.43. The Hall–Kier alpha value is -0.610. The number of hydrogen-bond acceptors (Lipinski definition) is 3. The van der Waals surface area contributed by atoms with Gasteiger partial charge in [-0.05, 0) is 26.3 Å². The quantitative estimate of drug-likeness (QED) is 0.628. The van der Waals surface area contributed by atoms with Gasteiger partial charge < -0.3 is 14.9 Å². The van der Waals surface area contributed by atoms with Crippen LogP contribution in [0.5, 0.6) is 0 Å². The molecule has 0 aromatic heterocycles. The molecule has 4 heteroatoms. The fourth-order valence-electron chi connectivity index (χ4n) is 2.86. The molecule has 14 heavy (non-hydrogen) atoms. The van der Waals surface area contributed by atoms with Gasteiger partial charge in [-0.25, -0.2) is 0 Å². The fraction of sp³-hybridized carbons (Fsp3) is 0.900. The number of nitrogens with zero attached hydrogens (tertiary/aromatic N) is 2. The molecule has 2 heterocycles. The molecular weight excluding hydrogens is 180 g/mol. The van der Waals surface area contributed by atoms with Crippen LogP contribution in [0, 0.1) is 0 Å². The molecule has 2 saturated heterocycles. The van der Waals surface area contributed by atoms with Crippen LogP contribution in [0.3, 0.4) is 0 Å². The third-order valence-electron chi connectivity index (χ3n) is 3.41. The molecule has 0 bridgehead atoms. The Morgan fingerprint density at radius 1 is 1.43 bits per heavy atom. The van der Waals surface area contributed by atoms with Gasteiger partial charge >= 0.3 is 0 Å². The highest BCUT2D eigenvalue weighted by Gasteiger charge is 2.48. The summed E-state index contributed by atoms with van der Waals surface area (Å²) in [7, 11) is 2.07. The molecule has 2 aliphatic heterocycles. The first-order valence-electron chi connectivity index (χ1n) is 5.28. The molecule has 1 spiro atoms. The van der Waals surface area contributed by atoms with E-state index in [0.29, 0.717) is 0 Å². The normalized spacial score (nSPS) is 26.3. The Bertz CT molecular complexity index is 231. The maximum Gasteiger partial charge on any atom is 0.248 e. The first-order valence-corrected chi connectivity index (χ1v) is 5.28. The molecule has 2 rings (SSSR count). The van der Waals surface area contributed by atoms with Gasteiger partial charge in [-0.2, -0.15) is 0 Å². The predicted molar refractivity (Wildman–Crippen MR) is 52.9 cm³/mol. The van der Waals surface area contributed by atoms with Crippen molar-refractivity contribution in [3.05, 3.63) is 0 Å². The van der Waals surface area contributed by atoms with Gasteiger partial charge in [0.2, 0.25) is 5.91 Å². The number of piperidine rings is 1. The average molecular weight is 198 g/mol. The van der Waals surface area contributed by atoms with Gasteiger partial charge in [0.25, 0.3) is 0 Å². The van der Waals surface area contributed by atoms with Crippen LogP contribution in [0.15, 0.2) is 0 Å². The number of rotatable bonds is 1. The minimum Gasteiger partial charge on any atom is -0.387 e. The fourth-order valence-corrected chi connectivity index (χ4v) is 2.86. The van der Waals surface area contributed by atoms with Crippen LogP contribution in [0.1, 0.15) is 19.3 Å². The van der Waals surface area contributed by atoms with E-state index in [1.165, 1.54) is 6.42 Å². The van der Waals surface area contributed by atoms with E-state index < -0.39 is 0 Å². The summed E-state index contributed by atoms with van der Waals surface area (Å²) < 4.78 is 0. The van der Waals surface area contributed by atoms with Gasteiger partial charge in [-0.1, -0.05) is 0 Å². The van der Waals surface area contributed by atoms with Crippen LogP contribution >= 0.6 is 0 Å². The minimum atomic E-state index is -0.342. The molecule has 1 amide bonds. The molecule has 0 radical (unpaired) electrons. The van der Waals surface area contributed by atoms with Crippen molar-refractivity contribution in [2.45, 2.75) is 24.8 Å². The summed E-state index contributed by atoms with van der Waals surface area (Å²) in [5.74, 6) is -0.0993. The van der Waals surface area contributed by atoms with Gasteiger partial charge in [-0.15, -0.1) is 0 Å². The molecule has 2 fully saturated rings. The van der Waals surface area contributed by atoms with E-state index >= 15 is 0 Å². The van der Waals surface area contributed by atoms with Crippen molar-refractivity contribution in [1.82, 2.24) is 9.80 Å². The second kappa shape index (κ2) is 3.51. The number of amides is 1. The smallest absolute Gasteiger partial charge is 0.248 e. The lowest BCUT2D eigenvalue weighted by Crippen LogP contribution is -2.71. The number of aliphatic hydroxyl groups is 1. The lowest BCUT2D eigenvalue weighted by molar-refractivity contribution is -0.152. The molecule has 0 saturated carbocycles. The largest absolute Gasteiger partial charge is 0.387 e. The monoisotopic (exact) mass is 198 g/mol. The molecular formula is C10H18N2O2. The molecule has 0 unspecified atom stereocenters. The van der Waals surface area contributed by atoms with Crippen LogP contribution in [0.4, 0.5) is 0 Å². The van der Waals surface area contributed by atoms with Crippen LogP contribution in [-0.2, 0) is 4.79 Å². The van der Waals surface area contributed by atoms with Crippen molar-refractivity contribution in [2.75, 3.05) is 33.3 Å². The zero-order valence-electron chi connectivity index (χ0n) is 8.70. The molecule has 0 aromatic carbocycles. The molecule has 0 aromatic rings. The van der Waals surface area contributed by atoms with Crippen molar-refractivity contribution in [3.8, 4) is 0 Å². The van der Waals surface area contributed by atoms with Crippen LogP contribution in [0.2, 0.25) is 0 Å². The highest BCUT2D eigenvalue weighted by molar-refractivity contribution is 5.78. The summed E-state index contributed by atoms with van der Waals surface area (Å²) in [6.07, 6.45) is 3.39. The van der Waals surface area contributed by atoms with Crippen LogP contribution < -0.4 is 0 Å². The van der Waals surface area contributed by atoms with Gasteiger partial charge in [0, 0.05) is 19.6 Å². The van der Waals surface area contributed by atoms with E-state index in [-0.39, 0.29) is 18.1 Å². The zero-order chi connectivity index (χ0) is 10.2. The highest BCUT2D eigenvalue weighted by atomic mass is 16.3. The van der Waals surface area contributed by atoms with Crippen molar-refractivity contribution in [1.29, 1.82) is 0 Å². The van der Waals surface area contributed by atoms with Crippen LogP contribution in [-0.4, -0.2) is 59.6 Å². The predicted octanol–water partition coefficient (Wildman–Crippen LogP) is -0.325. The van der Waals surface area contributed by atoms with Crippen molar-refractivity contribution in [3.63, 3.8) is 0 Å². The summed E-state index contributed by atoms with van der Waals surface area (Å²) in [4.78, 5) is 15.7. The first-order chi connectivity index (χ1) is 6.68. The number of hydrogen-bond donors (Lipinski definition) is 1. The number of likely N-dealkylation sites (tertiary alicyclic amines) is 2. The van der Waals surface area contributed by atoms with E-state index in [0.717, 1.165) is 32.5 Å². The average Bonchev–Trinajstić information content (AvgIpc) is 2.15. The lowest BCUT2D eigenvalue weighted by Gasteiger charge is -2.57. The Morgan fingerprint density at radius 2 is 2.14 bits per heavy atom. The van der Waals surface area contributed by atoms with E-state index in [4.69, 9.17) is 5.11 Å². The summed E-state index contributed by atoms with van der Waals surface area (Å²) in [5.41, 5.74) is 0.0623. The Labute approximate surface area is 84.5 Å². The number of carbonyl (C=O) groups is 1. The second-order valence-corrected chi connectivity index (χ2v) is 4.56. The summed E-state index contributed by atoms with van der Waals surface area (Å²) in [6, 6.07) is 0. The molecule has 4 nitrogen and oxygen atoms in total. The molecule has 80 valence electrons. The van der Waals surface area contributed by atoms with Crippen molar-refractivity contribution in [2.24, 2.45) is 0 Å². The van der Waals surface area contributed by atoms with Crippen molar-refractivity contribution < 1.29 is 9.90 Å². The number of likely N-dealkylation sites (N-methyl/N-ethyl adjacent to an activating group) is 1. The topological polar surface area (TPSA) is 43.8 Å². The van der Waals surface area contributed by atoms with E-state index in [1.807, 2.05) is 4.90 Å². The van der Waals surface area contributed by atoms with Crippen LogP contribution in [0.25, 0.3) is 0 Å². The maximum atomic E-state index is 11.5. The second-order valence-electron chi connectivity index (χ2n) is 4.56. The van der Waals surface area contributed by atoms with Gasteiger partial charge in [0.15, 0.2) is 0 Å². The van der Waals surface area contributed by atoms with E-state index in [1.54, 1.807) is 0 Å². The summed E-state index contributed by atoms with van der Waals surface area (Å²) in [5, 5.41) is 8.90. The third kappa shape index (κ3) is 1.42. The van der Waals surface area contributed by atoms with E-state index in [2.05, 4.69) is 11.9 Å². The first kappa shape index (κ1) is 9.93. The summed E-state index contributed by atoms with van der Waals surface area (Å²) >= 11 is 0. The number of aliphatic hydroxyl groups excluding tert-OH is 1. The van der Waals surface area contributed by atoms with Gasteiger partial charge in [0.1, 0.15) is 6.61 Å². The Balaban J connectivity index is 2.08. The lowest BCUT2D eigenvalue weighted by atomic mass is 9.80. The zero-order valence-corrected chi connectivity index (χ0v) is 8.70. The minimum absolute atomic E-state index is 0.0623. The molecule has 2 aliphatic rings. The Morgan fingerprint density at radius 3 is 2.71 bits per heavy atom. The SMILES string of the molecule is CN1CC2(CCCCN2C(=O)CO)C1.